The summed E-state index contributed by atoms with van der Waals surface area (Å²) in [5.41, 5.74) is 6.76. The second-order valence-corrected chi connectivity index (χ2v) is 10.8. The minimum Gasteiger partial charge on any atom is -0.475 e. The number of nitrogens with two attached hydrogens (primary N) is 1. The molecular formula is C26H37F6N5O4. The average molecular weight is 598 g/mol. The molecule has 2 heterocycles. The normalized spacial score (nSPS) is 18.5. The van der Waals surface area contributed by atoms with Gasteiger partial charge >= 0.3 is 24.3 Å². The van der Waals surface area contributed by atoms with Crippen molar-refractivity contribution >= 4 is 23.5 Å². The molecule has 3 rings (SSSR count). The van der Waals surface area contributed by atoms with E-state index < -0.39 is 30.5 Å². The Balaban J connectivity index is 0.000000745. The monoisotopic (exact) mass is 597 g/mol. The van der Waals surface area contributed by atoms with Gasteiger partial charge in [0.1, 0.15) is 18.0 Å². The molecule has 15 heteroatoms. The minimum atomic E-state index is -5.08. The van der Waals surface area contributed by atoms with Crippen LogP contribution in [0.4, 0.5) is 32.0 Å². The number of alkyl halides is 6. The number of likely N-dealkylation sites (tertiary alicyclic amines) is 1. The van der Waals surface area contributed by atoms with Crippen molar-refractivity contribution in [2.45, 2.75) is 57.6 Å². The predicted octanol–water partition coefficient (Wildman–Crippen LogP) is 3.52. The Labute approximate surface area is 234 Å². The van der Waals surface area contributed by atoms with E-state index in [0.717, 1.165) is 57.8 Å². The molecule has 2 fully saturated rings. The molecule has 2 saturated heterocycles. The van der Waals surface area contributed by atoms with Crippen molar-refractivity contribution in [3.63, 3.8) is 0 Å². The van der Waals surface area contributed by atoms with Crippen LogP contribution in [-0.2, 0) is 14.3 Å². The number of aliphatic carboxylic acids is 1. The second-order valence-electron chi connectivity index (χ2n) is 10.8. The van der Waals surface area contributed by atoms with Gasteiger partial charge in [-0.05, 0) is 57.9 Å². The number of carbonyl (C=O) groups is 2. The molecule has 41 heavy (non-hydrogen) atoms. The SMILES string of the molecule is CC(C)(C)OC(=O)CN1CCC(N2CCN(c3ccc(C(N)=NCC(F)(F)F)cc3)CC2)CC1.O=C(O)C(F)(F)F. The van der Waals surface area contributed by atoms with Crippen molar-refractivity contribution in [1.82, 2.24) is 9.80 Å². The quantitative estimate of drug-likeness (QED) is 0.222. The summed E-state index contributed by atoms with van der Waals surface area (Å²) >= 11 is 0. The maximum atomic E-state index is 12.3. The Hall–Kier alpha value is -3.07. The van der Waals surface area contributed by atoms with Crippen molar-refractivity contribution in [2.24, 2.45) is 10.7 Å². The molecule has 0 spiro atoms. The topological polar surface area (TPSA) is 112 Å². The Kier molecular flexibility index (Phi) is 11.8. The molecule has 0 atom stereocenters. The van der Waals surface area contributed by atoms with E-state index in [1.165, 1.54) is 0 Å². The highest BCUT2D eigenvalue weighted by molar-refractivity contribution is 5.97. The number of carboxylic acids is 1. The highest BCUT2D eigenvalue weighted by Crippen LogP contribution is 2.23. The van der Waals surface area contributed by atoms with Crippen LogP contribution in [-0.4, -0.2) is 109 Å². The number of piperazine rings is 1. The van der Waals surface area contributed by atoms with Gasteiger partial charge in [0, 0.05) is 56.6 Å². The van der Waals surface area contributed by atoms with Gasteiger partial charge in [-0.3, -0.25) is 19.6 Å². The molecule has 0 aromatic heterocycles. The lowest BCUT2D eigenvalue weighted by Crippen LogP contribution is -2.53. The molecule has 0 aliphatic carbocycles. The summed E-state index contributed by atoms with van der Waals surface area (Å²) < 4.78 is 74.2. The first-order chi connectivity index (χ1) is 18.8. The third-order valence-electron chi connectivity index (χ3n) is 6.36. The Morgan fingerprint density at radius 1 is 0.951 bits per heavy atom. The fourth-order valence-electron chi connectivity index (χ4n) is 4.45. The van der Waals surface area contributed by atoms with Gasteiger partial charge in [-0.25, -0.2) is 4.79 Å². The maximum Gasteiger partial charge on any atom is 0.490 e. The molecule has 0 unspecified atom stereocenters. The summed E-state index contributed by atoms with van der Waals surface area (Å²) in [5.74, 6) is -3.03. The zero-order valence-corrected chi connectivity index (χ0v) is 23.3. The summed E-state index contributed by atoms with van der Waals surface area (Å²) in [5, 5.41) is 7.12. The van der Waals surface area contributed by atoms with Gasteiger partial charge in [0.25, 0.3) is 0 Å². The van der Waals surface area contributed by atoms with Gasteiger partial charge in [0.15, 0.2) is 0 Å². The van der Waals surface area contributed by atoms with Crippen LogP contribution in [0.1, 0.15) is 39.2 Å². The summed E-state index contributed by atoms with van der Waals surface area (Å²) in [6, 6.07) is 7.73. The van der Waals surface area contributed by atoms with Gasteiger partial charge < -0.3 is 20.5 Å². The van der Waals surface area contributed by atoms with Crippen LogP contribution >= 0.6 is 0 Å². The van der Waals surface area contributed by atoms with Crippen LogP contribution in [0.25, 0.3) is 0 Å². The van der Waals surface area contributed by atoms with Crippen molar-refractivity contribution in [2.75, 3.05) is 57.3 Å². The second kappa shape index (κ2) is 14.2. The molecule has 0 bridgehead atoms. The third kappa shape index (κ3) is 12.5. The number of esters is 1. The lowest BCUT2D eigenvalue weighted by molar-refractivity contribution is -0.192. The van der Waals surface area contributed by atoms with Crippen LogP contribution in [0.3, 0.4) is 0 Å². The number of benzene rings is 1. The number of carbonyl (C=O) groups excluding carboxylic acids is 1. The van der Waals surface area contributed by atoms with E-state index in [9.17, 15) is 31.1 Å². The van der Waals surface area contributed by atoms with Crippen LogP contribution in [0.2, 0.25) is 0 Å². The van der Waals surface area contributed by atoms with E-state index in [1.54, 1.807) is 12.1 Å². The fraction of sp³-hybridized carbons (Fsp3) is 0.654. The van der Waals surface area contributed by atoms with Gasteiger partial charge in [0.05, 0.1) is 6.54 Å². The number of carboxylic acid groups (broad SMARTS) is 1. The smallest absolute Gasteiger partial charge is 0.475 e. The Morgan fingerprint density at radius 2 is 1.46 bits per heavy atom. The molecule has 2 aliphatic rings. The number of ether oxygens (including phenoxy) is 1. The van der Waals surface area contributed by atoms with E-state index in [2.05, 4.69) is 19.7 Å². The molecule has 1 aromatic rings. The fourth-order valence-corrected chi connectivity index (χ4v) is 4.45. The first kappa shape index (κ1) is 34.1. The summed E-state index contributed by atoms with van der Waals surface area (Å²) in [4.78, 5) is 31.4. The third-order valence-corrected chi connectivity index (χ3v) is 6.36. The van der Waals surface area contributed by atoms with Crippen molar-refractivity contribution < 1.29 is 45.8 Å². The molecule has 0 amide bonds. The van der Waals surface area contributed by atoms with Crippen LogP contribution in [0.15, 0.2) is 29.3 Å². The van der Waals surface area contributed by atoms with Gasteiger partial charge in [-0.15, -0.1) is 0 Å². The first-order valence-electron chi connectivity index (χ1n) is 13.0. The zero-order chi connectivity index (χ0) is 31.0. The van der Waals surface area contributed by atoms with E-state index in [4.69, 9.17) is 20.4 Å². The number of nitrogens with zero attached hydrogens (tertiary/aromatic N) is 4. The first-order valence-corrected chi connectivity index (χ1v) is 13.0. The van der Waals surface area contributed by atoms with E-state index in [-0.39, 0.29) is 11.8 Å². The van der Waals surface area contributed by atoms with E-state index >= 15 is 0 Å². The number of amidine groups is 1. The van der Waals surface area contributed by atoms with E-state index in [0.29, 0.717) is 18.2 Å². The molecule has 232 valence electrons. The van der Waals surface area contributed by atoms with Crippen molar-refractivity contribution in [1.29, 1.82) is 0 Å². The molecule has 1 aromatic carbocycles. The maximum absolute atomic E-state index is 12.3. The van der Waals surface area contributed by atoms with Crippen LogP contribution in [0.5, 0.6) is 0 Å². The average Bonchev–Trinajstić information content (AvgIpc) is 2.86. The van der Waals surface area contributed by atoms with Crippen molar-refractivity contribution in [3.05, 3.63) is 29.8 Å². The molecule has 9 nitrogen and oxygen atoms in total. The van der Waals surface area contributed by atoms with Gasteiger partial charge in [0.2, 0.25) is 0 Å². The highest BCUT2D eigenvalue weighted by atomic mass is 19.4. The lowest BCUT2D eigenvalue weighted by Gasteiger charge is -2.43. The molecule has 0 saturated carbocycles. The molecular weight excluding hydrogens is 560 g/mol. The lowest BCUT2D eigenvalue weighted by atomic mass is 10.0. The minimum absolute atomic E-state index is 0.105. The number of aliphatic imine (C=N–C) groups is 1. The van der Waals surface area contributed by atoms with Gasteiger partial charge in [-0.1, -0.05) is 0 Å². The molecule has 0 radical (unpaired) electrons. The highest BCUT2D eigenvalue weighted by Gasteiger charge is 2.38. The number of hydrogen-bond acceptors (Lipinski definition) is 7. The van der Waals surface area contributed by atoms with Crippen LogP contribution < -0.4 is 10.6 Å². The summed E-state index contributed by atoms with van der Waals surface area (Å²) in [6.07, 6.45) is -7.37. The number of halogens is 6. The standard InChI is InChI=1S/C24H36F3N5O2.C2HF3O2/c1-23(2,3)34-21(33)16-30-10-8-20(9-11-30)32-14-12-31(13-15-32)19-6-4-18(5-7-19)22(28)29-17-24(25,26)27;3-2(4,5)1(6)7/h4-7,20H,8-17H2,1-3H3,(H2,28,29);(H,6,7). The van der Waals surface area contributed by atoms with Crippen LogP contribution in [0, 0.1) is 0 Å². The van der Waals surface area contributed by atoms with Crippen molar-refractivity contribution in [3.8, 4) is 0 Å². The largest absolute Gasteiger partial charge is 0.490 e. The summed E-state index contributed by atoms with van der Waals surface area (Å²) in [6.45, 7) is 10.2. The van der Waals surface area contributed by atoms with Gasteiger partial charge in [-0.2, -0.15) is 26.3 Å². The van der Waals surface area contributed by atoms with E-state index in [1.807, 2.05) is 32.9 Å². The molecule has 3 N–H and O–H groups in total. The Morgan fingerprint density at radius 3 is 1.90 bits per heavy atom. The number of rotatable bonds is 6. The zero-order valence-electron chi connectivity index (χ0n) is 23.3. The number of hydrogen-bond donors (Lipinski definition) is 2. The predicted molar refractivity (Wildman–Crippen MR) is 141 cm³/mol. The Bertz CT molecular complexity index is 1020. The summed E-state index contributed by atoms with van der Waals surface area (Å²) in [7, 11) is 0. The number of piperidine rings is 1. The number of anilines is 1. The molecule has 2 aliphatic heterocycles.